The van der Waals surface area contributed by atoms with Crippen LogP contribution in [-0.4, -0.2) is 34.9 Å². The predicted octanol–water partition coefficient (Wildman–Crippen LogP) is 4.93. The Labute approximate surface area is 220 Å². The number of aromatic nitrogens is 2. The van der Waals surface area contributed by atoms with Crippen LogP contribution in [0.5, 0.6) is 0 Å². The lowest BCUT2D eigenvalue weighted by atomic mass is 9.99. The number of halogens is 3. The Morgan fingerprint density at radius 2 is 1.82 bits per heavy atom. The number of sulfone groups is 1. The molecule has 4 rings (SSSR count). The van der Waals surface area contributed by atoms with E-state index in [-0.39, 0.29) is 35.1 Å². The third kappa shape index (κ3) is 6.05. The van der Waals surface area contributed by atoms with Gasteiger partial charge in [0.05, 0.1) is 45.7 Å². The maximum atomic E-state index is 12.9. The first-order chi connectivity index (χ1) is 17.9. The second kappa shape index (κ2) is 10.8. The van der Waals surface area contributed by atoms with Crippen molar-refractivity contribution in [3.8, 4) is 0 Å². The normalized spacial score (nSPS) is 16.0. The van der Waals surface area contributed by atoms with Crippen molar-refractivity contribution < 1.29 is 26.4 Å². The highest BCUT2D eigenvalue weighted by Gasteiger charge is 2.35. The molecule has 11 heteroatoms. The maximum absolute atomic E-state index is 12.9. The zero-order valence-electron chi connectivity index (χ0n) is 21.3. The van der Waals surface area contributed by atoms with E-state index >= 15 is 0 Å². The Balaban J connectivity index is 1.44. The van der Waals surface area contributed by atoms with Gasteiger partial charge in [0.2, 0.25) is 0 Å². The molecule has 0 radical (unpaired) electrons. The Bertz CT molecular complexity index is 1410. The molecular weight excluding hydrogens is 517 g/mol. The third-order valence-electron chi connectivity index (χ3n) is 6.58. The smallest absolute Gasteiger partial charge is 0.346 e. The highest BCUT2D eigenvalue weighted by Crippen LogP contribution is 2.39. The number of benzene rings is 1. The highest BCUT2D eigenvalue weighted by molar-refractivity contribution is 7.91. The van der Waals surface area contributed by atoms with Crippen molar-refractivity contribution in [1.29, 1.82) is 0 Å². The SMILES string of the molecule is CCS(=O)(=O)c1ccc(CNC(=O)c2cnc3c(c2)CN(Cc2ccc(C(F)(F)F)cc2)C3C(C)C)nc1. The molecule has 0 saturated carbocycles. The summed E-state index contributed by atoms with van der Waals surface area (Å²) in [5.41, 5.74) is 2.74. The molecule has 1 aliphatic heterocycles. The molecule has 0 spiro atoms. The second-order valence-corrected chi connectivity index (χ2v) is 11.9. The Kier molecular flexibility index (Phi) is 7.89. The van der Waals surface area contributed by atoms with Gasteiger partial charge in [0.15, 0.2) is 9.84 Å². The van der Waals surface area contributed by atoms with Crippen LogP contribution >= 0.6 is 0 Å². The molecule has 1 N–H and O–H groups in total. The maximum Gasteiger partial charge on any atom is 0.416 e. The Hall–Kier alpha value is -3.31. The molecule has 2 aromatic heterocycles. The lowest BCUT2D eigenvalue weighted by Crippen LogP contribution is -2.26. The second-order valence-electron chi connectivity index (χ2n) is 9.63. The molecule has 0 fully saturated rings. The van der Waals surface area contributed by atoms with Crippen LogP contribution in [-0.2, 0) is 35.6 Å². The summed E-state index contributed by atoms with van der Waals surface area (Å²) in [7, 11) is -3.35. The van der Waals surface area contributed by atoms with Gasteiger partial charge in [-0.3, -0.25) is 19.7 Å². The molecule has 1 aliphatic rings. The van der Waals surface area contributed by atoms with Crippen molar-refractivity contribution >= 4 is 15.7 Å². The summed E-state index contributed by atoms with van der Waals surface area (Å²) in [4.78, 5) is 23.8. The van der Waals surface area contributed by atoms with E-state index in [0.29, 0.717) is 24.3 Å². The first-order valence-corrected chi connectivity index (χ1v) is 13.9. The summed E-state index contributed by atoms with van der Waals surface area (Å²) < 4.78 is 62.6. The fourth-order valence-corrected chi connectivity index (χ4v) is 5.41. The van der Waals surface area contributed by atoms with Crippen LogP contribution in [0.25, 0.3) is 0 Å². The van der Waals surface area contributed by atoms with Gasteiger partial charge in [-0.2, -0.15) is 13.2 Å². The van der Waals surface area contributed by atoms with Gasteiger partial charge in [-0.05, 0) is 47.4 Å². The molecule has 1 unspecified atom stereocenters. The number of alkyl halides is 3. The lowest BCUT2D eigenvalue weighted by Gasteiger charge is -2.27. The van der Waals surface area contributed by atoms with E-state index in [1.807, 2.05) is 0 Å². The lowest BCUT2D eigenvalue weighted by molar-refractivity contribution is -0.137. The van der Waals surface area contributed by atoms with Crippen LogP contribution < -0.4 is 5.32 Å². The molecule has 1 atom stereocenters. The van der Waals surface area contributed by atoms with Gasteiger partial charge < -0.3 is 5.32 Å². The highest BCUT2D eigenvalue weighted by atomic mass is 32.2. The number of pyridine rings is 2. The van der Waals surface area contributed by atoms with Crippen LogP contribution in [0.15, 0.2) is 59.8 Å². The van der Waals surface area contributed by atoms with E-state index in [1.165, 1.54) is 30.6 Å². The molecule has 202 valence electrons. The van der Waals surface area contributed by atoms with Gasteiger partial charge >= 0.3 is 6.18 Å². The van der Waals surface area contributed by atoms with E-state index in [0.717, 1.165) is 29.0 Å². The van der Waals surface area contributed by atoms with Gasteiger partial charge in [0.25, 0.3) is 5.91 Å². The minimum absolute atomic E-state index is 0.0183. The summed E-state index contributed by atoms with van der Waals surface area (Å²) in [5, 5.41) is 2.78. The molecule has 3 heterocycles. The molecule has 0 aliphatic carbocycles. The number of amides is 1. The van der Waals surface area contributed by atoms with E-state index in [9.17, 15) is 26.4 Å². The number of hydrogen-bond donors (Lipinski definition) is 1. The Morgan fingerprint density at radius 3 is 2.39 bits per heavy atom. The van der Waals surface area contributed by atoms with Crippen molar-refractivity contribution in [3.05, 3.63) is 88.5 Å². The minimum atomic E-state index is -4.38. The molecule has 0 bridgehead atoms. The standard InChI is InChI=1S/C27H29F3N4O3S/c1-4-38(36,37)23-10-9-22(31-14-23)13-33-26(35)19-11-20-16-34(25(17(2)3)24(20)32-12-19)15-18-5-7-21(8-6-18)27(28,29)30/h5-12,14,17,25H,4,13,15-16H2,1-3H3,(H,33,35). The summed E-state index contributed by atoms with van der Waals surface area (Å²) in [6.07, 6.45) is -1.57. The first-order valence-electron chi connectivity index (χ1n) is 12.2. The van der Waals surface area contributed by atoms with E-state index in [1.54, 1.807) is 19.1 Å². The predicted molar refractivity (Wildman–Crippen MR) is 136 cm³/mol. The van der Waals surface area contributed by atoms with Gasteiger partial charge in [-0.15, -0.1) is 0 Å². The minimum Gasteiger partial charge on any atom is -0.346 e. The topological polar surface area (TPSA) is 92.3 Å². The first kappa shape index (κ1) is 27.7. The number of nitrogens with zero attached hydrogens (tertiary/aromatic N) is 3. The van der Waals surface area contributed by atoms with E-state index < -0.39 is 21.6 Å². The summed E-state index contributed by atoms with van der Waals surface area (Å²) in [6.45, 7) is 6.77. The zero-order chi connectivity index (χ0) is 27.7. The molecular formula is C27H29F3N4O3S. The fraction of sp³-hybridized carbons (Fsp3) is 0.370. The van der Waals surface area contributed by atoms with Crippen molar-refractivity contribution in [2.75, 3.05) is 5.75 Å². The zero-order valence-corrected chi connectivity index (χ0v) is 22.1. The van der Waals surface area contributed by atoms with Crippen LogP contribution in [0.1, 0.15) is 65.2 Å². The van der Waals surface area contributed by atoms with Gasteiger partial charge in [0.1, 0.15) is 0 Å². The van der Waals surface area contributed by atoms with Crippen LogP contribution in [0.4, 0.5) is 13.2 Å². The van der Waals surface area contributed by atoms with Crippen LogP contribution in [0.2, 0.25) is 0 Å². The largest absolute Gasteiger partial charge is 0.416 e. The number of rotatable bonds is 8. The molecule has 38 heavy (non-hydrogen) atoms. The van der Waals surface area contributed by atoms with Crippen LogP contribution in [0, 0.1) is 5.92 Å². The molecule has 0 saturated heterocycles. The average molecular weight is 547 g/mol. The van der Waals surface area contributed by atoms with Crippen LogP contribution in [0.3, 0.4) is 0 Å². The summed E-state index contributed by atoms with van der Waals surface area (Å²) in [6, 6.07) is 9.97. The fourth-order valence-electron chi connectivity index (χ4n) is 4.59. The van der Waals surface area contributed by atoms with E-state index in [2.05, 4.69) is 34.0 Å². The third-order valence-corrected chi connectivity index (χ3v) is 8.30. The van der Waals surface area contributed by atoms with Crippen molar-refractivity contribution in [1.82, 2.24) is 20.2 Å². The number of fused-ring (bicyclic) bond motifs is 1. The number of carbonyl (C=O) groups excluding carboxylic acids is 1. The average Bonchev–Trinajstić information content (AvgIpc) is 3.24. The van der Waals surface area contributed by atoms with Crippen molar-refractivity contribution in [3.63, 3.8) is 0 Å². The molecule has 3 aromatic rings. The number of carbonyl (C=O) groups is 1. The molecule has 7 nitrogen and oxygen atoms in total. The van der Waals surface area contributed by atoms with E-state index in [4.69, 9.17) is 0 Å². The summed E-state index contributed by atoms with van der Waals surface area (Å²) >= 11 is 0. The number of hydrogen-bond acceptors (Lipinski definition) is 6. The van der Waals surface area contributed by atoms with Gasteiger partial charge in [-0.1, -0.05) is 32.9 Å². The van der Waals surface area contributed by atoms with Gasteiger partial charge in [0, 0.05) is 25.5 Å². The quantitative estimate of drug-likeness (QED) is 0.431. The van der Waals surface area contributed by atoms with Gasteiger partial charge in [-0.25, -0.2) is 8.42 Å². The molecule has 1 amide bonds. The monoisotopic (exact) mass is 546 g/mol. The molecule has 1 aromatic carbocycles. The number of nitrogens with one attached hydrogen (secondary N) is 1. The Morgan fingerprint density at radius 1 is 1.11 bits per heavy atom. The van der Waals surface area contributed by atoms with Crippen molar-refractivity contribution in [2.45, 2.75) is 57.5 Å². The van der Waals surface area contributed by atoms with Crippen molar-refractivity contribution in [2.24, 2.45) is 5.92 Å². The summed E-state index contributed by atoms with van der Waals surface area (Å²) in [5.74, 6) is -0.159.